The number of rotatable bonds is 9. The van der Waals surface area contributed by atoms with Crippen molar-refractivity contribution in [1.82, 2.24) is 15.2 Å². The minimum Gasteiger partial charge on any atom is -0.461 e. The number of ether oxygens (including phenoxy) is 3. The summed E-state index contributed by atoms with van der Waals surface area (Å²) in [5, 5.41) is 4.05. The molecule has 0 saturated heterocycles. The zero-order chi connectivity index (χ0) is 34.5. The summed E-state index contributed by atoms with van der Waals surface area (Å²) >= 11 is 0. The van der Waals surface area contributed by atoms with Gasteiger partial charge in [-0.25, -0.2) is 9.59 Å². The molecule has 6 rings (SSSR count). The van der Waals surface area contributed by atoms with Crippen LogP contribution in [0.3, 0.4) is 0 Å². The summed E-state index contributed by atoms with van der Waals surface area (Å²) in [6, 6.07) is 23.1. The molecule has 2 amide bonds. The normalized spacial score (nSPS) is 18.8. The van der Waals surface area contributed by atoms with Crippen LogP contribution < -0.4 is 5.32 Å². The van der Waals surface area contributed by atoms with Crippen molar-refractivity contribution < 1.29 is 28.6 Å². The standard InChI is InChI=1S/C40H47N3O6/c1-40(2,3)49-39(46)43-33(25-31-30-17-11-12-18-32(30)41-35(31)36(43)29-15-9-6-10-16-29)37(44)42-34(38(45)48-24-23-47-4)28-21-19-27(20-22-28)26-13-7-5-8-14-26/h5,7-8,11-14,17-22,29,33-34,36,41H,6,9-10,15-16,23-25H2,1-4H3,(H,42,44)/t33-,34?,36+/m1/s1. The fourth-order valence-electron chi connectivity index (χ4n) is 7.33. The van der Waals surface area contributed by atoms with Crippen LogP contribution in [0.4, 0.5) is 4.79 Å². The van der Waals surface area contributed by atoms with Gasteiger partial charge in [0.2, 0.25) is 5.91 Å². The van der Waals surface area contributed by atoms with Gasteiger partial charge in [0.05, 0.1) is 12.6 Å². The fourth-order valence-corrected chi connectivity index (χ4v) is 7.33. The average Bonchev–Trinajstić information content (AvgIpc) is 3.48. The molecule has 1 saturated carbocycles. The van der Waals surface area contributed by atoms with Gasteiger partial charge in [-0.05, 0) is 67.9 Å². The second kappa shape index (κ2) is 14.9. The van der Waals surface area contributed by atoms with Crippen LogP contribution in [0, 0.1) is 5.92 Å². The van der Waals surface area contributed by atoms with Crippen LogP contribution in [0.5, 0.6) is 0 Å². The Morgan fingerprint density at radius 2 is 1.55 bits per heavy atom. The number of hydrogen-bond acceptors (Lipinski definition) is 6. The van der Waals surface area contributed by atoms with Gasteiger partial charge in [0.15, 0.2) is 6.04 Å². The van der Waals surface area contributed by atoms with Crippen molar-refractivity contribution in [2.75, 3.05) is 20.3 Å². The molecule has 2 heterocycles. The van der Waals surface area contributed by atoms with E-state index in [1.807, 2.05) is 93.6 Å². The summed E-state index contributed by atoms with van der Waals surface area (Å²) < 4.78 is 16.7. The molecule has 3 aromatic carbocycles. The first kappa shape index (κ1) is 34.2. The molecule has 2 aliphatic rings. The first-order valence-electron chi connectivity index (χ1n) is 17.4. The van der Waals surface area contributed by atoms with Gasteiger partial charge in [-0.2, -0.15) is 0 Å². The van der Waals surface area contributed by atoms with Crippen molar-refractivity contribution in [2.45, 2.75) is 83.0 Å². The zero-order valence-electron chi connectivity index (χ0n) is 28.9. The molecule has 1 unspecified atom stereocenters. The number of carbonyl (C=O) groups is 3. The quantitative estimate of drug-likeness (QED) is 0.140. The molecule has 0 bridgehead atoms. The van der Waals surface area contributed by atoms with Crippen molar-refractivity contribution in [3.63, 3.8) is 0 Å². The number of esters is 1. The summed E-state index contributed by atoms with van der Waals surface area (Å²) in [5.41, 5.74) is 4.78. The Bertz CT molecular complexity index is 1750. The lowest BCUT2D eigenvalue weighted by Crippen LogP contribution is -2.57. The summed E-state index contributed by atoms with van der Waals surface area (Å²) in [6.07, 6.45) is 4.87. The molecule has 49 heavy (non-hydrogen) atoms. The number of methoxy groups -OCH3 is 1. The van der Waals surface area contributed by atoms with Crippen LogP contribution in [-0.2, 0) is 30.2 Å². The second-order valence-electron chi connectivity index (χ2n) is 14.1. The molecule has 4 aromatic rings. The van der Waals surface area contributed by atoms with E-state index in [1.165, 1.54) is 7.11 Å². The smallest absolute Gasteiger partial charge is 0.411 e. The molecule has 0 spiro atoms. The number of carbonyl (C=O) groups excluding carboxylic acids is 3. The number of nitrogens with one attached hydrogen (secondary N) is 2. The zero-order valence-corrected chi connectivity index (χ0v) is 28.9. The minimum absolute atomic E-state index is 0.0414. The van der Waals surface area contributed by atoms with Gasteiger partial charge in [-0.15, -0.1) is 0 Å². The highest BCUT2D eigenvalue weighted by Crippen LogP contribution is 2.46. The third kappa shape index (κ3) is 7.67. The van der Waals surface area contributed by atoms with Crippen LogP contribution in [-0.4, -0.2) is 59.8 Å². The number of aromatic nitrogens is 1. The lowest BCUT2D eigenvalue weighted by molar-refractivity contribution is -0.150. The van der Waals surface area contributed by atoms with Crippen LogP contribution in [0.15, 0.2) is 78.9 Å². The van der Waals surface area contributed by atoms with Gasteiger partial charge in [0.25, 0.3) is 0 Å². The molecule has 1 aromatic heterocycles. The molecular weight excluding hydrogens is 618 g/mol. The van der Waals surface area contributed by atoms with Crippen LogP contribution in [0.2, 0.25) is 0 Å². The third-order valence-corrected chi connectivity index (χ3v) is 9.58. The topological polar surface area (TPSA) is 110 Å². The number of para-hydroxylation sites is 1. The monoisotopic (exact) mass is 665 g/mol. The number of benzene rings is 3. The highest BCUT2D eigenvalue weighted by molar-refractivity contribution is 5.93. The summed E-state index contributed by atoms with van der Waals surface area (Å²) in [7, 11) is 1.53. The Balaban J connectivity index is 1.39. The van der Waals surface area contributed by atoms with Crippen molar-refractivity contribution >= 4 is 28.9 Å². The molecule has 258 valence electrons. The van der Waals surface area contributed by atoms with E-state index in [9.17, 15) is 14.4 Å². The minimum atomic E-state index is -1.10. The number of amides is 2. The first-order valence-corrected chi connectivity index (χ1v) is 17.4. The fraction of sp³-hybridized carbons (Fsp3) is 0.425. The lowest BCUT2D eigenvalue weighted by Gasteiger charge is -2.45. The predicted molar refractivity (Wildman–Crippen MR) is 189 cm³/mol. The SMILES string of the molecule is COCCOC(=O)C(NC(=O)[C@H]1Cc2c([nH]c3ccccc23)[C@H](C2CCCCC2)N1C(=O)OC(C)(C)C)c1ccc(-c2ccccc2)cc1. The molecule has 3 atom stereocenters. The van der Waals surface area contributed by atoms with E-state index in [4.69, 9.17) is 14.2 Å². The predicted octanol–water partition coefficient (Wildman–Crippen LogP) is 7.67. The highest BCUT2D eigenvalue weighted by Gasteiger charge is 2.48. The average molecular weight is 666 g/mol. The Morgan fingerprint density at radius 1 is 0.878 bits per heavy atom. The summed E-state index contributed by atoms with van der Waals surface area (Å²) in [4.78, 5) is 47.8. The van der Waals surface area contributed by atoms with E-state index < -0.39 is 35.7 Å². The number of H-pyrrole nitrogens is 1. The number of nitrogens with zero attached hydrogens (tertiary/aromatic N) is 1. The van der Waals surface area contributed by atoms with Crippen LogP contribution in [0.25, 0.3) is 22.0 Å². The second-order valence-corrected chi connectivity index (χ2v) is 14.1. The molecular formula is C40H47N3O6. The summed E-state index contributed by atoms with van der Waals surface area (Å²) in [6.45, 7) is 5.76. The van der Waals surface area contributed by atoms with E-state index in [0.717, 1.165) is 65.4 Å². The Kier molecular flexibility index (Phi) is 10.4. The van der Waals surface area contributed by atoms with Gasteiger partial charge >= 0.3 is 12.1 Å². The van der Waals surface area contributed by atoms with Crippen LogP contribution in [0.1, 0.15) is 81.8 Å². The van der Waals surface area contributed by atoms with Crippen molar-refractivity contribution in [1.29, 1.82) is 0 Å². The van der Waals surface area contributed by atoms with Gasteiger partial charge in [-0.3, -0.25) is 9.69 Å². The molecule has 9 nitrogen and oxygen atoms in total. The Hall–Kier alpha value is -4.63. The Labute approximate surface area is 288 Å². The molecule has 2 N–H and O–H groups in total. The molecule has 1 aliphatic carbocycles. The summed E-state index contributed by atoms with van der Waals surface area (Å²) in [5.74, 6) is -0.901. The van der Waals surface area contributed by atoms with E-state index in [0.29, 0.717) is 5.56 Å². The van der Waals surface area contributed by atoms with Crippen molar-refractivity contribution in [2.24, 2.45) is 5.92 Å². The van der Waals surface area contributed by atoms with Crippen LogP contribution >= 0.6 is 0 Å². The van der Waals surface area contributed by atoms with Gasteiger partial charge in [-0.1, -0.05) is 92.1 Å². The maximum Gasteiger partial charge on any atom is 0.411 e. The largest absolute Gasteiger partial charge is 0.461 e. The van der Waals surface area contributed by atoms with E-state index >= 15 is 0 Å². The van der Waals surface area contributed by atoms with E-state index in [2.05, 4.69) is 16.4 Å². The van der Waals surface area contributed by atoms with Gasteiger partial charge < -0.3 is 24.5 Å². The van der Waals surface area contributed by atoms with Crippen molar-refractivity contribution in [3.8, 4) is 11.1 Å². The number of hydrogen-bond donors (Lipinski definition) is 2. The number of fused-ring (bicyclic) bond motifs is 3. The third-order valence-electron chi connectivity index (χ3n) is 9.58. The molecule has 9 heteroatoms. The molecule has 1 aliphatic heterocycles. The first-order chi connectivity index (χ1) is 23.6. The highest BCUT2D eigenvalue weighted by atomic mass is 16.6. The maximum atomic E-state index is 14.7. The van der Waals surface area contributed by atoms with E-state index in [-0.39, 0.29) is 31.6 Å². The Morgan fingerprint density at radius 3 is 2.24 bits per heavy atom. The van der Waals surface area contributed by atoms with E-state index in [1.54, 1.807) is 4.90 Å². The van der Waals surface area contributed by atoms with Gasteiger partial charge in [0, 0.05) is 30.1 Å². The molecule has 0 radical (unpaired) electrons. The van der Waals surface area contributed by atoms with Crippen molar-refractivity contribution in [3.05, 3.63) is 95.7 Å². The maximum absolute atomic E-state index is 14.7. The van der Waals surface area contributed by atoms with Gasteiger partial charge in [0.1, 0.15) is 18.2 Å². The number of aromatic amines is 1. The lowest BCUT2D eigenvalue weighted by atomic mass is 9.78. The molecule has 1 fully saturated rings.